The SMILES string of the molecule is Cc1cc([N+](=O)[O-])ccc1C(=O)NC(CC(N)=O)C(=O)O. The van der Waals surface area contributed by atoms with Gasteiger partial charge in [0.25, 0.3) is 11.6 Å². The number of nitrogens with two attached hydrogens (primary N) is 1. The van der Waals surface area contributed by atoms with Crippen LogP contribution in [0.4, 0.5) is 5.69 Å². The Kier molecular flexibility index (Phi) is 4.95. The number of carbonyl (C=O) groups is 3. The van der Waals surface area contributed by atoms with Crippen molar-refractivity contribution in [2.75, 3.05) is 0 Å². The van der Waals surface area contributed by atoms with E-state index in [2.05, 4.69) is 5.32 Å². The van der Waals surface area contributed by atoms with E-state index in [0.29, 0.717) is 5.56 Å². The fourth-order valence-corrected chi connectivity index (χ4v) is 1.65. The quantitative estimate of drug-likeness (QED) is 0.494. The van der Waals surface area contributed by atoms with E-state index in [1.165, 1.54) is 19.1 Å². The molecule has 9 heteroatoms. The lowest BCUT2D eigenvalue weighted by molar-refractivity contribution is -0.384. The van der Waals surface area contributed by atoms with Crippen LogP contribution in [-0.4, -0.2) is 33.9 Å². The number of aliphatic carboxylic acids is 1. The molecule has 0 aliphatic carbocycles. The number of nitro benzene ring substituents is 1. The highest BCUT2D eigenvalue weighted by atomic mass is 16.6. The van der Waals surface area contributed by atoms with Crippen molar-refractivity contribution in [2.24, 2.45) is 5.73 Å². The van der Waals surface area contributed by atoms with Gasteiger partial charge in [0.2, 0.25) is 5.91 Å². The maximum absolute atomic E-state index is 11.9. The number of nitrogens with one attached hydrogen (secondary N) is 1. The smallest absolute Gasteiger partial charge is 0.326 e. The first-order valence-electron chi connectivity index (χ1n) is 5.79. The van der Waals surface area contributed by atoms with Gasteiger partial charge in [0.1, 0.15) is 6.04 Å². The van der Waals surface area contributed by atoms with E-state index >= 15 is 0 Å². The molecule has 0 saturated carbocycles. The van der Waals surface area contributed by atoms with Crippen molar-refractivity contribution in [1.82, 2.24) is 5.32 Å². The number of nitrogens with zero attached hydrogens (tertiary/aromatic N) is 1. The second-order valence-corrected chi connectivity index (χ2v) is 4.29. The summed E-state index contributed by atoms with van der Waals surface area (Å²) in [6, 6.07) is 2.08. The minimum atomic E-state index is -1.45. The van der Waals surface area contributed by atoms with Gasteiger partial charge in [-0.3, -0.25) is 19.7 Å². The first kappa shape index (κ1) is 16.1. The fourth-order valence-electron chi connectivity index (χ4n) is 1.65. The molecule has 0 aliphatic rings. The monoisotopic (exact) mass is 295 g/mol. The van der Waals surface area contributed by atoms with Crippen molar-refractivity contribution in [1.29, 1.82) is 0 Å². The van der Waals surface area contributed by atoms with Gasteiger partial charge in [0.05, 0.1) is 11.3 Å². The molecule has 1 aromatic rings. The summed E-state index contributed by atoms with van der Waals surface area (Å²) in [7, 11) is 0. The highest BCUT2D eigenvalue weighted by Crippen LogP contribution is 2.17. The highest BCUT2D eigenvalue weighted by Gasteiger charge is 2.23. The van der Waals surface area contributed by atoms with E-state index in [1.807, 2.05) is 0 Å². The number of nitro groups is 1. The van der Waals surface area contributed by atoms with E-state index in [4.69, 9.17) is 10.8 Å². The molecule has 0 bridgehead atoms. The van der Waals surface area contributed by atoms with Crippen LogP contribution >= 0.6 is 0 Å². The van der Waals surface area contributed by atoms with Crippen LogP contribution in [0.5, 0.6) is 0 Å². The number of carbonyl (C=O) groups excluding carboxylic acids is 2. The summed E-state index contributed by atoms with van der Waals surface area (Å²) in [5.74, 6) is -3.03. The molecule has 1 unspecified atom stereocenters. The van der Waals surface area contributed by atoms with E-state index < -0.39 is 35.2 Å². The van der Waals surface area contributed by atoms with Crippen LogP contribution in [0.3, 0.4) is 0 Å². The van der Waals surface area contributed by atoms with E-state index in [1.54, 1.807) is 0 Å². The Morgan fingerprint density at radius 3 is 2.48 bits per heavy atom. The van der Waals surface area contributed by atoms with Gasteiger partial charge in [-0.15, -0.1) is 0 Å². The second kappa shape index (κ2) is 6.46. The number of hydrogen-bond acceptors (Lipinski definition) is 5. The Bertz CT molecular complexity index is 613. The van der Waals surface area contributed by atoms with Crippen molar-refractivity contribution in [3.63, 3.8) is 0 Å². The topological polar surface area (TPSA) is 153 Å². The summed E-state index contributed by atoms with van der Waals surface area (Å²) < 4.78 is 0. The number of aryl methyl sites for hydroxylation is 1. The maximum Gasteiger partial charge on any atom is 0.326 e. The number of amides is 2. The summed E-state index contributed by atoms with van der Waals surface area (Å²) in [6.45, 7) is 1.48. The Morgan fingerprint density at radius 1 is 1.43 bits per heavy atom. The molecule has 0 heterocycles. The zero-order valence-corrected chi connectivity index (χ0v) is 11.0. The third-order valence-corrected chi connectivity index (χ3v) is 2.67. The lowest BCUT2D eigenvalue weighted by atomic mass is 10.1. The Labute approximate surface area is 118 Å². The van der Waals surface area contributed by atoms with Crippen LogP contribution in [-0.2, 0) is 9.59 Å². The summed E-state index contributed by atoms with van der Waals surface area (Å²) in [5, 5.41) is 21.6. The van der Waals surface area contributed by atoms with Gasteiger partial charge in [0.15, 0.2) is 0 Å². The highest BCUT2D eigenvalue weighted by molar-refractivity contribution is 5.98. The zero-order chi connectivity index (χ0) is 16.2. The summed E-state index contributed by atoms with van der Waals surface area (Å²) in [4.78, 5) is 43.6. The Balaban J connectivity index is 2.95. The number of carboxylic acid groups (broad SMARTS) is 1. The van der Waals surface area contributed by atoms with Crippen molar-refractivity contribution in [3.05, 3.63) is 39.4 Å². The summed E-state index contributed by atoms with van der Waals surface area (Å²) >= 11 is 0. The van der Waals surface area contributed by atoms with Gasteiger partial charge in [-0.1, -0.05) is 0 Å². The maximum atomic E-state index is 11.9. The molecule has 2 amide bonds. The lowest BCUT2D eigenvalue weighted by Gasteiger charge is -2.13. The molecule has 112 valence electrons. The molecule has 0 radical (unpaired) electrons. The predicted molar refractivity (Wildman–Crippen MR) is 70.5 cm³/mol. The second-order valence-electron chi connectivity index (χ2n) is 4.29. The molecule has 1 aromatic carbocycles. The molecule has 1 rings (SSSR count). The molecule has 0 aromatic heterocycles. The van der Waals surface area contributed by atoms with Gasteiger partial charge in [-0.25, -0.2) is 4.79 Å². The van der Waals surface area contributed by atoms with Gasteiger partial charge < -0.3 is 16.2 Å². The molecular weight excluding hydrogens is 282 g/mol. The molecule has 1 atom stereocenters. The summed E-state index contributed by atoms with van der Waals surface area (Å²) in [6.07, 6.45) is -0.549. The van der Waals surface area contributed by atoms with Gasteiger partial charge in [-0.05, 0) is 18.6 Å². The van der Waals surface area contributed by atoms with Crippen LogP contribution in [0.2, 0.25) is 0 Å². The predicted octanol–water partition coefficient (Wildman–Crippen LogP) is -0.0384. The normalized spacial score (nSPS) is 11.5. The third-order valence-electron chi connectivity index (χ3n) is 2.67. The molecule has 0 fully saturated rings. The largest absolute Gasteiger partial charge is 0.480 e. The van der Waals surface area contributed by atoms with Crippen LogP contribution in [0.1, 0.15) is 22.3 Å². The average molecular weight is 295 g/mol. The average Bonchev–Trinajstić information content (AvgIpc) is 2.36. The van der Waals surface area contributed by atoms with Crippen LogP contribution in [0.15, 0.2) is 18.2 Å². The first-order valence-corrected chi connectivity index (χ1v) is 5.79. The van der Waals surface area contributed by atoms with E-state index in [-0.39, 0.29) is 11.3 Å². The standard InChI is InChI=1S/C12H13N3O6/c1-6-4-7(15(20)21)2-3-8(6)11(17)14-9(12(18)19)5-10(13)16/h2-4,9H,5H2,1H3,(H2,13,16)(H,14,17)(H,18,19). The van der Waals surface area contributed by atoms with E-state index in [9.17, 15) is 24.5 Å². The number of benzene rings is 1. The number of rotatable bonds is 6. The minimum Gasteiger partial charge on any atom is -0.480 e. The zero-order valence-electron chi connectivity index (χ0n) is 11.0. The van der Waals surface area contributed by atoms with Gasteiger partial charge in [-0.2, -0.15) is 0 Å². The Morgan fingerprint density at radius 2 is 2.05 bits per heavy atom. The number of non-ortho nitro benzene ring substituents is 1. The van der Waals surface area contributed by atoms with Crippen molar-refractivity contribution in [2.45, 2.75) is 19.4 Å². The molecule has 4 N–H and O–H groups in total. The van der Waals surface area contributed by atoms with Crippen LogP contribution in [0, 0.1) is 17.0 Å². The minimum absolute atomic E-state index is 0.0799. The lowest BCUT2D eigenvalue weighted by Crippen LogP contribution is -2.43. The van der Waals surface area contributed by atoms with Crippen molar-refractivity contribution in [3.8, 4) is 0 Å². The molecule has 0 spiro atoms. The van der Waals surface area contributed by atoms with Crippen molar-refractivity contribution < 1.29 is 24.4 Å². The fraction of sp³-hybridized carbons (Fsp3) is 0.250. The number of hydrogen-bond donors (Lipinski definition) is 3. The van der Waals surface area contributed by atoms with Crippen LogP contribution < -0.4 is 11.1 Å². The Hall–Kier alpha value is -2.97. The van der Waals surface area contributed by atoms with Crippen LogP contribution in [0.25, 0.3) is 0 Å². The molecule has 0 saturated heterocycles. The van der Waals surface area contributed by atoms with E-state index in [0.717, 1.165) is 6.07 Å². The number of primary amides is 1. The molecule has 21 heavy (non-hydrogen) atoms. The van der Waals surface area contributed by atoms with Crippen molar-refractivity contribution >= 4 is 23.5 Å². The number of carboxylic acids is 1. The van der Waals surface area contributed by atoms with Gasteiger partial charge >= 0.3 is 5.97 Å². The molecular formula is C12H13N3O6. The summed E-state index contributed by atoms with van der Waals surface area (Å²) in [5.41, 5.74) is 5.11. The molecule has 9 nitrogen and oxygen atoms in total. The first-order chi connectivity index (χ1) is 9.72. The van der Waals surface area contributed by atoms with Gasteiger partial charge in [0, 0.05) is 17.7 Å². The molecule has 0 aliphatic heterocycles. The third kappa shape index (κ3) is 4.27.